The molecular formula is C21H18N4O5S2. The maximum absolute atomic E-state index is 12.9. The molecule has 164 valence electrons. The van der Waals surface area contributed by atoms with Crippen LogP contribution in [0.4, 0.5) is 16.5 Å². The van der Waals surface area contributed by atoms with E-state index in [9.17, 15) is 18.0 Å². The van der Waals surface area contributed by atoms with Crippen molar-refractivity contribution in [1.82, 2.24) is 4.98 Å². The summed E-state index contributed by atoms with van der Waals surface area (Å²) in [6, 6.07) is 9.93. The van der Waals surface area contributed by atoms with Gasteiger partial charge in [0.1, 0.15) is 5.75 Å². The highest BCUT2D eigenvalue weighted by molar-refractivity contribution is 7.93. The monoisotopic (exact) mass is 470 g/mol. The summed E-state index contributed by atoms with van der Waals surface area (Å²) in [5.41, 5.74) is 3.26. The number of aromatic nitrogens is 1. The molecule has 32 heavy (non-hydrogen) atoms. The fourth-order valence-electron chi connectivity index (χ4n) is 3.67. The van der Waals surface area contributed by atoms with E-state index in [0.29, 0.717) is 28.4 Å². The summed E-state index contributed by atoms with van der Waals surface area (Å²) in [6.45, 7) is 1.85. The quantitative estimate of drug-likeness (QED) is 0.606. The zero-order chi connectivity index (χ0) is 22.6. The Morgan fingerprint density at radius 1 is 1.19 bits per heavy atom. The molecule has 0 unspecified atom stereocenters. The van der Waals surface area contributed by atoms with Crippen LogP contribution in [0.5, 0.6) is 5.75 Å². The van der Waals surface area contributed by atoms with E-state index in [4.69, 9.17) is 4.74 Å². The first kappa shape index (κ1) is 20.5. The van der Waals surface area contributed by atoms with Crippen LogP contribution in [0.2, 0.25) is 0 Å². The number of anilines is 3. The number of carbonyl (C=O) groups excluding carboxylic acids is 2. The third-order valence-electron chi connectivity index (χ3n) is 5.35. The number of nitrogens with one attached hydrogen (secondary N) is 2. The van der Waals surface area contributed by atoms with Crippen LogP contribution in [0.1, 0.15) is 10.4 Å². The topological polar surface area (TPSA) is 118 Å². The molecule has 0 saturated heterocycles. The number of carbonyl (C=O) groups is 2. The standard InChI is InChI=1S/C21H18N4O5S2/c1-11-20(12-3-6-17-16(8-12)25(2)19(27)10-30-17)23-21(31-11)24-32(28,29)14-4-5-15-13(7-14)9-18(26)22-15/h3-8H,9-10H2,1-2H3,(H,22,26)(H,23,24). The Kier molecular flexibility index (Phi) is 4.68. The second-order valence-electron chi connectivity index (χ2n) is 7.50. The second-order valence-corrected chi connectivity index (χ2v) is 10.4. The molecule has 2 aromatic carbocycles. The molecule has 0 aliphatic carbocycles. The van der Waals surface area contributed by atoms with Gasteiger partial charge in [0.15, 0.2) is 11.7 Å². The summed E-state index contributed by atoms with van der Waals surface area (Å²) in [6.07, 6.45) is 0.151. The number of nitrogens with zero attached hydrogens (tertiary/aromatic N) is 2. The number of amides is 2. The Morgan fingerprint density at radius 2 is 2.00 bits per heavy atom. The SMILES string of the molecule is Cc1sc(NS(=O)(=O)c2ccc3c(c2)CC(=O)N3)nc1-c1ccc2c(c1)N(C)C(=O)CO2. The van der Waals surface area contributed by atoms with E-state index in [1.54, 1.807) is 25.2 Å². The number of hydrogen-bond donors (Lipinski definition) is 2. The van der Waals surface area contributed by atoms with Gasteiger partial charge in [0.25, 0.3) is 15.9 Å². The Bertz CT molecular complexity index is 1400. The third-order valence-corrected chi connectivity index (χ3v) is 7.70. The second kappa shape index (κ2) is 7.31. The maximum atomic E-state index is 12.9. The minimum absolute atomic E-state index is 0.00256. The Morgan fingerprint density at radius 3 is 2.81 bits per heavy atom. The fraction of sp³-hybridized carbons (Fsp3) is 0.190. The highest BCUT2D eigenvalue weighted by Crippen LogP contribution is 2.38. The van der Waals surface area contributed by atoms with Crippen molar-refractivity contribution in [3.05, 3.63) is 46.8 Å². The van der Waals surface area contributed by atoms with E-state index in [-0.39, 0.29) is 34.9 Å². The van der Waals surface area contributed by atoms with Gasteiger partial charge in [-0.3, -0.25) is 14.3 Å². The number of fused-ring (bicyclic) bond motifs is 2. The number of thiazole rings is 1. The molecule has 5 rings (SSSR count). The molecule has 0 atom stereocenters. The molecule has 2 amide bonds. The van der Waals surface area contributed by atoms with Crippen molar-refractivity contribution in [2.75, 3.05) is 28.6 Å². The average molecular weight is 471 g/mol. The lowest BCUT2D eigenvalue weighted by atomic mass is 10.1. The lowest BCUT2D eigenvalue weighted by Crippen LogP contribution is -2.35. The first-order chi connectivity index (χ1) is 15.2. The maximum Gasteiger partial charge on any atom is 0.264 e. The molecule has 0 spiro atoms. The molecule has 1 aromatic heterocycles. The summed E-state index contributed by atoms with van der Waals surface area (Å²) in [7, 11) is -2.20. The molecule has 3 heterocycles. The van der Waals surface area contributed by atoms with Crippen molar-refractivity contribution in [3.63, 3.8) is 0 Å². The summed E-state index contributed by atoms with van der Waals surface area (Å²) in [4.78, 5) is 30.4. The van der Waals surface area contributed by atoms with Crippen LogP contribution in [-0.2, 0) is 26.0 Å². The van der Waals surface area contributed by atoms with Gasteiger partial charge in [-0.2, -0.15) is 0 Å². The molecule has 11 heteroatoms. The number of likely N-dealkylation sites (N-methyl/N-ethyl adjacent to an activating group) is 1. The fourth-order valence-corrected chi connectivity index (χ4v) is 5.79. The van der Waals surface area contributed by atoms with Gasteiger partial charge in [0.05, 0.1) is 22.7 Å². The first-order valence-electron chi connectivity index (χ1n) is 9.68. The zero-order valence-electron chi connectivity index (χ0n) is 17.1. The number of benzene rings is 2. The van der Waals surface area contributed by atoms with Crippen molar-refractivity contribution in [2.24, 2.45) is 0 Å². The lowest BCUT2D eigenvalue weighted by Gasteiger charge is -2.26. The molecule has 0 fully saturated rings. The molecule has 2 aliphatic heterocycles. The molecule has 0 radical (unpaired) electrons. The van der Waals surface area contributed by atoms with Crippen LogP contribution in [-0.4, -0.2) is 38.9 Å². The largest absolute Gasteiger partial charge is 0.482 e. The average Bonchev–Trinajstić information content (AvgIpc) is 3.30. The van der Waals surface area contributed by atoms with E-state index < -0.39 is 10.0 Å². The molecule has 0 bridgehead atoms. The minimum Gasteiger partial charge on any atom is -0.482 e. The number of aryl methyl sites for hydroxylation is 1. The van der Waals surface area contributed by atoms with E-state index >= 15 is 0 Å². The van der Waals surface area contributed by atoms with Crippen LogP contribution in [0, 0.1) is 6.92 Å². The van der Waals surface area contributed by atoms with Gasteiger partial charge in [-0.15, -0.1) is 11.3 Å². The smallest absolute Gasteiger partial charge is 0.264 e. The highest BCUT2D eigenvalue weighted by Gasteiger charge is 2.25. The van der Waals surface area contributed by atoms with E-state index in [1.165, 1.54) is 28.4 Å². The number of rotatable bonds is 4. The molecule has 3 aromatic rings. The Labute approximate surface area is 188 Å². The molecular weight excluding hydrogens is 452 g/mol. The van der Waals surface area contributed by atoms with Crippen molar-refractivity contribution in [1.29, 1.82) is 0 Å². The summed E-state index contributed by atoms with van der Waals surface area (Å²) in [5.74, 6) is 0.295. The molecule has 0 saturated carbocycles. The number of sulfonamides is 1. The first-order valence-corrected chi connectivity index (χ1v) is 12.0. The number of ether oxygens (including phenoxy) is 1. The Balaban J connectivity index is 1.44. The molecule has 9 nitrogen and oxygen atoms in total. The zero-order valence-corrected chi connectivity index (χ0v) is 18.8. The number of hydrogen-bond acceptors (Lipinski definition) is 7. The normalized spacial score (nSPS) is 15.1. The van der Waals surface area contributed by atoms with Crippen molar-refractivity contribution >= 4 is 49.7 Å². The summed E-state index contributed by atoms with van der Waals surface area (Å²) < 4.78 is 33.8. The third kappa shape index (κ3) is 3.49. The van der Waals surface area contributed by atoms with Crippen molar-refractivity contribution in [2.45, 2.75) is 18.2 Å². The summed E-state index contributed by atoms with van der Waals surface area (Å²) in [5, 5.41) is 2.91. The van der Waals surface area contributed by atoms with Crippen LogP contribution in [0.15, 0.2) is 41.3 Å². The van der Waals surface area contributed by atoms with E-state index in [1.807, 2.05) is 13.0 Å². The van der Waals surface area contributed by atoms with Gasteiger partial charge in [-0.05, 0) is 48.9 Å². The van der Waals surface area contributed by atoms with Crippen LogP contribution >= 0.6 is 11.3 Å². The Hall–Kier alpha value is -3.44. The predicted octanol–water partition coefficient (Wildman–Crippen LogP) is 2.77. The van der Waals surface area contributed by atoms with E-state index in [2.05, 4.69) is 15.0 Å². The van der Waals surface area contributed by atoms with E-state index in [0.717, 1.165) is 10.4 Å². The highest BCUT2D eigenvalue weighted by atomic mass is 32.2. The van der Waals surface area contributed by atoms with Crippen molar-refractivity contribution in [3.8, 4) is 17.0 Å². The van der Waals surface area contributed by atoms with Gasteiger partial charge in [-0.25, -0.2) is 13.4 Å². The van der Waals surface area contributed by atoms with Gasteiger partial charge < -0.3 is 15.0 Å². The molecule has 2 N–H and O–H groups in total. The molecule has 2 aliphatic rings. The summed E-state index contributed by atoms with van der Waals surface area (Å²) >= 11 is 1.22. The minimum atomic E-state index is -3.88. The van der Waals surface area contributed by atoms with Gasteiger partial charge >= 0.3 is 0 Å². The van der Waals surface area contributed by atoms with Crippen LogP contribution in [0.3, 0.4) is 0 Å². The lowest BCUT2D eigenvalue weighted by molar-refractivity contribution is -0.121. The van der Waals surface area contributed by atoms with Crippen molar-refractivity contribution < 1.29 is 22.7 Å². The van der Waals surface area contributed by atoms with Gasteiger partial charge in [0.2, 0.25) is 5.91 Å². The van der Waals surface area contributed by atoms with Gasteiger partial charge in [0, 0.05) is 23.2 Å². The predicted molar refractivity (Wildman–Crippen MR) is 121 cm³/mol. The van der Waals surface area contributed by atoms with Crippen LogP contribution < -0.4 is 19.7 Å². The van der Waals surface area contributed by atoms with Crippen LogP contribution in [0.25, 0.3) is 11.3 Å². The van der Waals surface area contributed by atoms with Gasteiger partial charge in [-0.1, -0.05) is 0 Å².